The number of hydrogen-bond donors (Lipinski definition) is 2. The number of aromatic nitrogens is 1. The van der Waals surface area contributed by atoms with Gasteiger partial charge in [0, 0.05) is 18.4 Å². The molecule has 0 aromatic carbocycles. The van der Waals surface area contributed by atoms with Gasteiger partial charge in [-0.1, -0.05) is 32.1 Å². The van der Waals surface area contributed by atoms with E-state index in [1.165, 1.54) is 32.1 Å². The highest BCUT2D eigenvalue weighted by atomic mass is 16.5. The Labute approximate surface area is 115 Å². The van der Waals surface area contributed by atoms with Gasteiger partial charge in [0.2, 0.25) is 0 Å². The van der Waals surface area contributed by atoms with Crippen LogP contribution >= 0.6 is 0 Å². The van der Waals surface area contributed by atoms with Crippen LogP contribution in [-0.2, 0) is 0 Å². The maximum atomic E-state index is 10.0. The fraction of sp³-hybridized carbons (Fsp3) is 0.667. The van der Waals surface area contributed by atoms with E-state index >= 15 is 0 Å². The molecule has 1 aliphatic carbocycles. The molecule has 3 N–H and O–H groups in total. The summed E-state index contributed by atoms with van der Waals surface area (Å²) in [6, 6.07) is 3.36. The molecule has 1 aromatic rings. The molecule has 1 heterocycles. The summed E-state index contributed by atoms with van der Waals surface area (Å²) in [5.41, 5.74) is 6.07. The number of ether oxygens (including phenoxy) is 1. The highest BCUT2D eigenvalue weighted by Crippen LogP contribution is 2.27. The van der Waals surface area contributed by atoms with Gasteiger partial charge in [0.25, 0.3) is 0 Å². The third-order valence-corrected chi connectivity index (χ3v) is 3.89. The van der Waals surface area contributed by atoms with Gasteiger partial charge in [-0.15, -0.1) is 0 Å². The van der Waals surface area contributed by atoms with Gasteiger partial charge in [-0.25, -0.2) is 0 Å². The van der Waals surface area contributed by atoms with Crippen LogP contribution < -0.4 is 10.5 Å². The number of hydrogen-bond acceptors (Lipinski definition) is 4. The van der Waals surface area contributed by atoms with Crippen molar-refractivity contribution in [1.29, 1.82) is 0 Å². The zero-order valence-electron chi connectivity index (χ0n) is 11.4. The summed E-state index contributed by atoms with van der Waals surface area (Å²) in [6.45, 7) is 0.248. The van der Waals surface area contributed by atoms with E-state index in [2.05, 4.69) is 4.98 Å². The molecule has 0 unspecified atom stereocenters. The van der Waals surface area contributed by atoms with Crippen molar-refractivity contribution in [3.8, 4) is 5.75 Å². The van der Waals surface area contributed by atoms with E-state index in [0.717, 1.165) is 12.2 Å². The Morgan fingerprint density at radius 1 is 1.26 bits per heavy atom. The quantitative estimate of drug-likeness (QED) is 0.826. The second kappa shape index (κ2) is 7.46. The Morgan fingerprint density at radius 3 is 2.63 bits per heavy atom. The molecule has 0 amide bonds. The van der Waals surface area contributed by atoms with E-state index in [4.69, 9.17) is 10.5 Å². The lowest BCUT2D eigenvalue weighted by molar-refractivity contribution is 0.0747. The van der Waals surface area contributed by atoms with Crippen LogP contribution in [0.4, 0.5) is 0 Å². The number of nitrogens with zero attached hydrogens (tertiary/aromatic N) is 1. The van der Waals surface area contributed by atoms with Gasteiger partial charge in [-0.3, -0.25) is 4.98 Å². The SMILES string of the molecule is N[C@@H](CC1CCCCC1)[C@H](O)COc1ccncc1. The summed E-state index contributed by atoms with van der Waals surface area (Å²) in [5, 5.41) is 10.0. The van der Waals surface area contributed by atoms with Gasteiger partial charge < -0.3 is 15.6 Å². The second-order valence-corrected chi connectivity index (χ2v) is 5.46. The predicted octanol–water partition coefficient (Wildman–Crippen LogP) is 2.12. The molecule has 19 heavy (non-hydrogen) atoms. The van der Waals surface area contributed by atoms with Crippen LogP contribution in [0.2, 0.25) is 0 Å². The van der Waals surface area contributed by atoms with E-state index in [0.29, 0.717) is 5.92 Å². The fourth-order valence-corrected chi connectivity index (χ4v) is 2.70. The number of nitrogens with two attached hydrogens (primary N) is 1. The zero-order valence-corrected chi connectivity index (χ0v) is 11.4. The molecule has 2 rings (SSSR count). The van der Waals surface area contributed by atoms with Crippen molar-refractivity contribution in [2.24, 2.45) is 11.7 Å². The van der Waals surface area contributed by atoms with Gasteiger partial charge in [0.1, 0.15) is 18.5 Å². The van der Waals surface area contributed by atoms with Crippen LogP contribution in [0, 0.1) is 5.92 Å². The molecule has 0 saturated heterocycles. The lowest BCUT2D eigenvalue weighted by Crippen LogP contribution is -2.40. The Hall–Kier alpha value is -1.13. The minimum Gasteiger partial charge on any atom is -0.491 e. The molecule has 2 atom stereocenters. The molecule has 0 spiro atoms. The van der Waals surface area contributed by atoms with Crippen molar-refractivity contribution >= 4 is 0 Å². The van der Waals surface area contributed by atoms with Crippen molar-refractivity contribution in [2.75, 3.05) is 6.61 Å². The maximum absolute atomic E-state index is 10.0. The average Bonchev–Trinajstić information content (AvgIpc) is 2.47. The molecule has 1 saturated carbocycles. The molecule has 106 valence electrons. The lowest BCUT2D eigenvalue weighted by atomic mass is 9.84. The van der Waals surface area contributed by atoms with Gasteiger partial charge in [-0.05, 0) is 24.5 Å². The van der Waals surface area contributed by atoms with Crippen LogP contribution in [0.15, 0.2) is 24.5 Å². The van der Waals surface area contributed by atoms with Crippen molar-refractivity contribution in [3.05, 3.63) is 24.5 Å². The summed E-state index contributed by atoms with van der Waals surface area (Å²) < 4.78 is 5.51. The highest BCUT2D eigenvalue weighted by Gasteiger charge is 2.22. The number of rotatable bonds is 6. The van der Waals surface area contributed by atoms with Crippen LogP contribution in [0.25, 0.3) is 0 Å². The third kappa shape index (κ3) is 4.80. The molecule has 4 nitrogen and oxygen atoms in total. The number of pyridine rings is 1. The van der Waals surface area contributed by atoms with E-state index in [9.17, 15) is 5.11 Å². The van der Waals surface area contributed by atoms with E-state index in [1.54, 1.807) is 24.5 Å². The van der Waals surface area contributed by atoms with Crippen LogP contribution in [0.5, 0.6) is 5.75 Å². The van der Waals surface area contributed by atoms with Gasteiger partial charge in [0.15, 0.2) is 0 Å². The maximum Gasteiger partial charge on any atom is 0.122 e. The summed E-state index contributed by atoms with van der Waals surface area (Å²) in [6.07, 6.45) is 10.1. The first-order valence-corrected chi connectivity index (χ1v) is 7.22. The molecule has 0 radical (unpaired) electrons. The standard InChI is InChI=1S/C15H24N2O2/c16-14(10-12-4-2-1-3-5-12)15(18)11-19-13-6-8-17-9-7-13/h6-9,12,14-15,18H,1-5,10-11,16H2/t14-,15+/m0/s1. The molecule has 1 aromatic heterocycles. The smallest absolute Gasteiger partial charge is 0.122 e. The summed E-state index contributed by atoms with van der Waals surface area (Å²) in [4.78, 5) is 3.92. The Balaban J connectivity index is 1.71. The van der Waals surface area contributed by atoms with E-state index in [-0.39, 0.29) is 12.6 Å². The molecule has 0 bridgehead atoms. The normalized spacial score (nSPS) is 19.9. The Morgan fingerprint density at radius 2 is 1.95 bits per heavy atom. The van der Waals surface area contributed by atoms with Gasteiger partial charge >= 0.3 is 0 Å². The minimum atomic E-state index is -0.602. The number of aliphatic hydroxyl groups is 1. The first kappa shape index (κ1) is 14.3. The molecule has 1 aliphatic rings. The summed E-state index contributed by atoms with van der Waals surface area (Å²) in [5.74, 6) is 1.40. The largest absolute Gasteiger partial charge is 0.491 e. The number of aliphatic hydroxyl groups excluding tert-OH is 1. The van der Waals surface area contributed by atoms with Crippen LogP contribution in [-0.4, -0.2) is 28.8 Å². The van der Waals surface area contributed by atoms with E-state index in [1.807, 2.05) is 0 Å². The zero-order chi connectivity index (χ0) is 13.5. The highest BCUT2D eigenvalue weighted by molar-refractivity contribution is 5.16. The Bertz CT molecular complexity index is 352. The summed E-state index contributed by atoms with van der Waals surface area (Å²) in [7, 11) is 0. The molecule has 1 fully saturated rings. The lowest BCUT2D eigenvalue weighted by Gasteiger charge is -2.27. The van der Waals surface area contributed by atoms with Crippen LogP contribution in [0.1, 0.15) is 38.5 Å². The predicted molar refractivity (Wildman–Crippen MR) is 74.9 cm³/mol. The van der Waals surface area contributed by atoms with Crippen molar-refractivity contribution in [2.45, 2.75) is 50.7 Å². The van der Waals surface area contributed by atoms with Crippen molar-refractivity contribution < 1.29 is 9.84 Å². The van der Waals surface area contributed by atoms with Crippen molar-refractivity contribution in [1.82, 2.24) is 4.98 Å². The Kier molecular flexibility index (Phi) is 5.61. The molecular weight excluding hydrogens is 240 g/mol. The third-order valence-electron chi connectivity index (χ3n) is 3.89. The molecule has 4 heteroatoms. The second-order valence-electron chi connectivity index (χ2n) is 5.46. The van der Waals surface area contributed by atoms with E-state index < -0.39 is 6.10 Å². The first-order chi connectivity index (χ1) is 9.25. The fourth-order valence-electron chi connectivity index (χ4n) is 2.70. The molecule has 0 aliphatic heterocycles. The monoisotopic (exact) mass is 264 g/mol. The molecular formula is C15H24N2O2. The minimum absolute atomic E-state index is 0.190. The summed E-state index contributed by atoms with van der Waals surface area (Å²) >= 11 is 0. The topological polar surface area (TPSA) is 68.4 Å². The van der Waals surface area contributed by atoms with Gasteiger partial charge in [-0.2, -0.15) is 0 Å². The van der Waals surface area contributed by atoms with Crippen LogP contribution in [0.3, 0.4) is 0 Å². The average molecular weight is 264 g/mol. The van der Waals surface area contributed by atoms with Crippen molar-refractivity contribution in [3.63, 3.8) is 0 Å². The van der Waals surface area contributed by atoms with Gasteiger partial charge in [0.05, 0.1) is 0 Å². The first-order valence-electron chi connectivity index (χ1n) is 7.22.